The Morgan fingerprint density at radius 2 is 2.12 bits per heavy atom. The largest absolute Gasteiger partial charge is 0.479 e. The number of imidazole rings is 1. The molecule has 0 aliphatic carbocycles. The van der Waals surface area contributed by atoms with E-state index >= 15 is 0 Å². The molecule has 3 heterocycles. The molecule has 130 valence electrons. The average Bonchev–Trinajstić information content (AvgIpc) is 3.29. The predicted molar refractivity (Wildman–Crippen MR) is 93.8 cm³/mol. The monoisotopic (exact) mass is 339 g/mol. The third kappa shape index (κ3) is 2.56. The van der Waals surface area contributed by atoms with Gasteiger partial charge in [0.15, 0.2) is 0 Å². The van der Waals surface area contributed by atoms with Crippen LogP contribution in [0.3, 0.4) is 0 Å². The molecule has 1 fully saturated rings. The van der Waals surface area contributed by atoms with Gasteiger partial charge >= 0.3 is 0 Å². The Morgan fingerprint density at radius 1 is 1.32 bits per heavy atom. The number of aromatic nitrogens is 4. The van der Waals surface area contributed by atoms with Crippen molar-refractivity contribution < 1.29 is 9.53 Å². The second kappa shape index (κ2) is 5.91. The minimum Gasteiger partial charge on any atom is -0.479 e. The minimum atomic E-state index is -0.0328. The number of nitrogens with zero attached hydrogens (tertiary/aromatic N) is 5. The van der Waals surface area contributed by atoms with E-state index in [0.717, 1.165) is 23.3 Å². The van der Waals surface area contributed by atoms with E-state index in [1.54, 1.807) is 17.9 Å². The molecule has 3 aromatic rings. The Labute approximate surface area is 145 Å². The van der Waals surface area contributed by atoms with Crippen LogP contribution in [0.5, 0.6) is 5.88 Å². The van der Waals surface area contributed by atoms with Crippen LogP contribution in [0.2, 0.25) is 0 Å². The van der Waals surface area contributed by atoms with Crippen LogP contribution in [0.15, 0.2) is 30.5 Å². The number of fused-ring (bicyclic) bond motifs is 1. The van der Waals surface area contributed by atoms with Crippen molar-refractivity contribution in [2.45, 2.75) is 19.4 Å². The Bertz CT molecular complexity index is 942. The van der Waals surface area contributed by atoms with Crippen molar-refractivity contribution in [3.63, 3.8) is 0 Å². The number of benzene rings is 1. The molecule has 0 N–H and O–H groups in total. The van der Waals surface area contributed by atoms with Crippen molar-refractivity contribution >= 4 is 16.9 Å². The Hall–Kier alpha value is -2.83. The summed E-state index contributed by atoms with van der Waals surface area (Å²) in [4.78, 5) is 19.4. The summed E-state index contributed by atoms with van der Waals surface area (Å²) in [5.41, 5.74) is 2.63. The van der Waals surface area contributed by atoms with E-state index in [-0.39, 0.29) is 11.9 Å². The lowest BCUT2D eigenvalue weighted by Gasteiger charge is -2.18. The highest BCUT2D eigenvalue weighted by molar-refractivity contribution is 5.96. The van der Waals surface area contributed by atoms with E-state index in [4.69, 9.17) is 4.74 Å². The van der Waals surface area contributed by atoms with Gasteiger partial charge in [0.1, 0.15) is 11.4 Å². The van der Waals surface area contributed by atoms with Gasteiger partial charge in [-0.25, -0.2) is 4.98 Å². The summed E-state index contributed by atoms with van der Waals surface area (Å²) >= 11 is 0. The summed E-state index contributed by atoms with van der Waals surface area (Å²) in [6.45, 7) is 3.40. The molecule has 1 saturated heterocycles. The van der Waals surface area contributed by atoms with Crippen molar-refractivity contribution in [2.75, 3.05) is 20.2 Å². The second-order valence-corrected chi connectivity index (χ2v) is 6.44. The van der Waals surface area contributed by atoms with Crippen molar-refractivity contribution in [1.29, 1.82) is 0 Å². The number of methoxy groups -OCH3 is 1. The molecule has 7 nitrogen and oxygen atoms in total. The number of para-hydroxylation sites is 2. The summed E-state index contributed by atoms with van der Waals surface area (Å²) in [7, 11) is 3.32. The molecule has 7 heteroatoms. The summed E-state index contributed by atoms with van der Waals surface area (Å²) in [5.74, 6) is 1.33. The first kappa shape index (κ1) is 15.7. The van der Waals surface area contributed by atoms with Gasteiger partial charge in [-0.2, -0.15) is 0 Å². The summed E-state index contributed by atoms with van der Waals surface area (Å²) in [6.07, 6.45) is 2.63. The standard InChI is InChI=1S/C18H21N5O2/c1-12-19-15-6-4-5-7-16(15)23(12)13-8-9-22(10-13)18(24)14-11-21(2)20-17(14)25-3/h4-7,11,13H,8-10H2,1-3H3/t13-/m0/s1. The molecule has 0 saturated carbocycles. The highest BCUT2D eigenvalue weighted by Gasteiger charge is 2.31. The number of carbonyl (C=O) groups excluding carboxylic acids is 1. The first-order valence-electron chi connectivity index (χ1n) is 8.39. The van der Waals surface area contributed by atoms with Gasteiger partial charge in [0.25, 0.3) is 5.91 Å². The van der Waals surface area contributed by atoms with E-state index < -0.39 is 0 Å². The molecule has 1 amide bonds. The quantitative estimate of drug-likeness (QED) is 0.734. The fourth-order valence-electron chi connectivity index (χ4n) is 3.70. The molecule has 4 rings (SSSR count). The van der Waals surface area contributed by atoms with Gasteiger partial charge in [-0.15, -0.1) is 5.10 Å². The maximum atomic E-state index is 12.9. The topological polar surface area (TPSA) is 65.2 Å². The van der Waals surface area contributed by atoms with Crippen LogP contribution in [0.4, 0.5) is 0 Å². The maximum Gasteiger partial charge on any atom is 0.261 e. The molecule has 0 spiro atoms. The number of hydrogen-bond donors (Lipinski definition) is 0. The van der Waals surface area contributed by atoms with Crippen LogP contribution in [0.1, 0.15) is 28.6 Å². The van der Waals surface area contributed by atoms with Crippen LogP contribution >= 0.6 is 0 Å². The van der Waals surface area contributed by atoms with Gasteiger partial charge in [0.2, 0.25) is 5.88 Å². The lowest BCUT2D eigenvalue weighted by atomic mass is 10.2. The van der Waals surface area contributed by atoms with Gasteiger partial charge < -0.3 is 14.2 Å². The highest BCUT2D eigenvalue weighted by atomic mass is 16.5. The molecular weight excluding hydrogens is 318 g/mol. The minimum absolute atomic E-state index is 0.0328. The number of likely N-dealkylation sites (tertiary alicyclic amines) is 1. The number of rotatable bonds is 3. The lowest BCUT2D eigenvalue weighted by molar-refractivity contribution is 0.0784. The lowest BCUT2D eigenvalue weighted by Crippen LogP contribution is -2.29. The zero-order chi connectivity index (χ0) is 17.6. The summed E-state index contributed by atoms with van der Waals surface area (Å²) in [5, 5.41) is 4.18. The molecule has 1 aliphatic rings. The van der Waals surface area contributed by atoms with E-state index in [1.165, 1.54) is 7.11 Å². The van der Waals surface area contributed by atoms with Crippen molar-refractivity contribution in [3.05, 3.63) is 41.9 Å². The third-order valence-corrected chi connectivity index (χ3v) is 4.81. The molecule has 2 aromatic heterocycles. The number of aryl methyl sites for hydroxylation is 2. The first-order valence-corrected chi connectivity index (χ1v) is 8.39. The SMILES string of the molecule is COc1nn(C)cc1C(=O)N1CC[C@H](n2c(C)nc3ccccc32)C1. The van der Waals surface area contributed by atoms with E-state index in [0.29, 0.717) is 24.5 Å². The number of carbonyl (C=O) groups is 1. The van der Waals surface area contributed by atoms with Crippen LogP contribution in [-0.2, 0) is 7.05 Å². The Morgan fingerprint density at radius 3 is 2.92 bits per heavy atom. The van der Waals surface area contributed by atoms with Gasteiger partial charge in [-0.3, -0.25) is 9.48 Å². The van der Waals surface area contributed by atoms with E-state index in [9.17, 15) is 4.79 Å². The molecule has 0 unspecified atom stereocenters. The average molecular weight is 339 g/mol. The zero-order valence-corrected chi connectivity index (χ0v) is 14.6. The fraction of sp³-hybridized carbons (Fsp3) is 0.389. The molecule has 0 bridgehead atoms. The van der Waals surface area contributed by atoms with E-state index in [2.05, 4.69) is 20.7 Å². The Kier molecular flexibility index (Phi) is 3.71. The van der Waals surface area contributed by atoms with E-state index in [1.807, 2.05) is 30.0 Å². The molecule has 25 heavy (non-hydrogen) atoms. The second-order valence-electron chi connectivity index (χ2n) is 6.44. The van der Waals surface area contributed by atoms with Gasteiger partial charge in [-0.1, -0.05) is 12.1 Å². The number of hydrogen-bond acceptors (Lipinski definition) is 4. The molecule has 1 atom stereocenters. The smallest absolute Gasteiger partial charge is 0.261 e. The van der Waals surface area contributed by atoms with Gasteiger partial charge in [0, 0.05) is 26.3 Å². The number of ether oxygens (including phenoxy) is 1. The molecule has 1 aromatic carbocycles. The zero-order valence-electron chi connectivity index (χ0n) is 14.6. The van der Waals surface area contributed by atoms with Gasteiger partial charge in [0.05, 0.1) is 24.2 Å². The normalized spacial score (nSPS) is 17.4. The van der Waals surface area contributed by atoms with Crippen molar-refractivity contribution in [3.8, 4) is 5.88 Å². The molecule has 1 aliphatic heterocycles. The van der Waals surface area contributed by atoms with Crippen LogP contribution in [0, 0.1) is 6.92 Å². The molecule has 0 radical (unpaired) electrons. The van der Waals surface area contributed by atoms with Crippen LogP contribution < -0.4 is 4.74 Å². The third-order valence-electron chi connectivity index (χ3n) is 4.81. The first-order chi connectivity index (χ1) is 12.1. The number of amides is 1. The van der Waals surface area contributed by atoms with Crippen LogP contribution in [0.25, 0.3) is 11.0 Å². The Balaban J connectivity index is 1.60. The molecular formula is C18H21N5O2. The highest BCUT2D eigenvalue weighted by Crippen LogP contribution is 2.29. The van der Waals surface area contributed by atoms with Crippen molar-refractivity contribution in [2.24, 2.45) is 7.05 Å². The van der Waals surface area contributed by atoms with Crippen LogP contribution in [-0.4, -0.2) is 50.3 Å². The fourth-order valence-corrected chi connectivity index (χ4v) is 3.70. The predicted octanol–water partition coefficient (Wildman–Crippen LogP) is 2.17. The summed E-state index contributed by atoms with van der Waals surface area (Å²) in [6, 6.07) is 8.37. The summed E-state index contributed by atoms with van der Waals surface area (Å²) < 4.78 is 9.09. The van der Waals surface area contributed by atoms with Crippen molar-refractivity contribution in [1.82, 2.24) is 24.2 Å². The van der Waals surface area contributed by atoms with Gasteiger partial charge in [-0.05, 0) is 25.5 Å². The maximum absolute atomic E-state index is 12.9.